The molecule has 0 fully saturated rings. The van der Waals surface area contributed by atoms with Crippen molar-refractivity contribution in [3.05, 3.63) is 66.0 Å². The van der Waals surface area contributed by atoms with E-state index in [0.29, 0.717) is 12.8 Å². The van der Waals surface area contributed by atoms with Crippen molar-refractivity contribution in [2.45, 2.75) is 57.8 Å². The van der Waals surface area contributed by atoms with E-state index >= 15 is 0 Å². The fourth-order valence-electron chi connectivity index (χ4n) is 3.76. The fraction of sp³-hybridized carbons (Fsp3) is 0.400. The average Bonchev–Trinajstić information content (AvgIpc) is 2.98. The fourth-order valence-corrected chi connectivity index (χ4v) is 3.76. The Morgan fingerprint density at radius 2 is 1.79 bits per heavy atom. The Morgan fingerprint density at radius 3 is 2.62 bits per heavy atom. The van der Waals surface area contributed by atoms with Crippen LogP contribution in [0.3, 0.4) is 0 Å². The van der Waals surface area contributed by atoms with Crippen molar-refractivity contribution in [3.63, 3.8) is 0 Å². The molecule has 0 radical (unpaired) electrons. The van der Waals surface area contributed by atoms with Gasteiger partial charge in [0.1, 0.15) is 0 Å². The summed E-state index contributed by atoms with van der Waals surface area (Å²) < 4.78 is 0. The number of anilines is 1. The molecule has 0 spiro atoms. The lowest BCUT2D eigenvalue weighted by Crippen LogP contribution is -2.31. The number of nitrogens with zero attached hydrogens (tertiary/aromatic N) is 2. The van der Waals surface area contributed by atoms with Crippen LogP contribution in [-0.2, 0) is 16.0 Å². The van der Waals surface area contributed by atoms with Crippen molar-refractivity contribution < 1.29 is 9.59 Å². The Morgan fingerprint density at radius 1 is 0.966 bits per heavy atom. The summed E-state index contributed by atoms with van der Waals surface area (Å²) in [5.74, 6) is 0.376. The van der Waals surface area contributed by atoms with Gasteiger partial charge in [-0.05, 0) is 67.5 Å². The van der Waals surface area contributed by atoms with Gasteiger partial charge >= 0.3 is 0 Å². The van der Waals surface area contributed by atoms with E-state index in [0.717, 1.165) is 62.7 Å². The van der Waals surface area contributed by atoms with Crippen molar-refractivity contribution >= 4 is 23.5 Å². The van der Waals surface area contributed by atoms with E-state index in [-0.39, 0.29) is 11.7 Å². The van der Waals surface area contributed by atoms with E-state index in [1.807, 2.05) is 29.2 Å². The molecule has 1 aliphatic rings. The maximum absolute atomic E-state index is 12.7. The second-order valence-corrected chi connectivity index (χ2v) is 7.63. The first-order valence-corrected chi connectivity index (χ1v) is 10.7. The molecule has 0 saturated heterocycles. The van der Waals surface area contributed by atoms with Crippen LogP contribution in [0.2, 0.25) is 0 Å². The molecule has 2 aromatic rings. The highest BCUT2D eigenvalue weighted by Crippen LogP contribution is 2.27. The Bertz CT molecular complexity index is 830. The maximum Gasteiger partial charge on any atom is 0.226 e. The highest BCUT2D eigenvalue weighted by Gasteiger charge is 2.20. The number of benzene rings is 1. The second-order valence-electron chi connectivity index (χ2n) is 7.63. The van der Waals surface area contributed by atoms with Gasteiger partial charge in [-0.1, -0.05) is 37.1 Å². The number of carbonyl (C=O) groups is 2. The minimum Gasteiger partial charge on any atom is -0.312 e. The molecular formula is C25H30N2O2. The first-order chi connectivity index (χ1) is 14.2. The molecule has 0 N–H and O–H groups in total. The lowest BCUT2D eigenvalue weighted by atomic mass is 10.1. The molecular weight excluding hydrogens is 360 g/mol. The van der Waals surface area contributed by atoms with Crippen LogP contribution in [0.1, 0.15) is 62.5 Å². The quantitative estimate of drug-likeness (QED) is 0.427. The van der Waals surface area contributed by atoms with Gasteiger partial charge in [-0.2, -0.15) is 0 Å². The van der Waals surface area contributed by atoms with Gasteiger partial charge in [0.25, 0.3) is 0 Å². The van der Waals surface area contributed by atoms with Crippen molar-refractivity contribution in [2.24, 2.45) is 0 Å². The monoisotopic (exact) mass is 390 g/mol. The predicted molar refractivity (Wildman–Crippen MR) is 118 cm³/mol. The zero-order chi connectivity index (χ0) is 20.3. The number of unbranched alkanes of at least 4 members (excludes halogenated alkanes) is 3. The van der Waals surface area contributed by atoms with Gasteiger partial charge in [0.2, 0.25) is 5.91 Å². The number of aryl methyl sites for hydroxylation is 1. The van der Waals surface area contributed by atoms with Crippen LogP contribution in [0.4, 0.5) is 5.69 Å². The Balaban J connectivity index is 1.34. The summed E-state index contributed by atoms with van der Waals surface area (Å²) in [6.07, 6.45) is 15.0. The maximum atomic E-state index is 12.7. The molecule has 29 heavy (non-hydrogen) atoms. The van der Waals surface area contributed by atoms with Gasteiger partial charge in [0.15, 0.2) is 5.78 Å². The van der Waals surface area contributed by atoms with Gasteiger partial charge in [-0.25, -0.2) is 0 Å². The number of hydrogen-bond acceptors (Lipinski definition) is 3. The van der Waals surface area contributed by atoms with Gasteiger partial charge in [-0.15, -0.1) is 0 Å². The highest BCUT2D eigenvalue weighted by molar-refractivity contribution is 5.94. The largest absolute Gasteiger partial charge is 0.312 e. The van der Waals surface area contributed by atoms with Crippen LogP contribution in [0, 0.1) is 0 Å². The Kier molecular flexibility index (Phi) is 8.17. The number of aromatic nitrogens is 1. The van der Waals surface area contributed by atoms with E-state index in [2.05, 4.69) is 23.2 Å². The molecule has 2 heterocycles. The number of rotatable bonds is 9. The molecule has 4 heteroatoms. The summed E-state index contributed by atoms with van der Waals surface area (Å²) in [4.78, 5) is 30.7. The normalized spacial score (nSPS) is 13.9. The topological polar surface area (TPSA) is 50.3 Å². The molecule has 4 nitrogen and oxygen atoms in total. The zero-order valence-corrected chi connectivity index (χ0v) is 17.1. The third-order valence-corrected chi connectivity index (χ3v) is 5.37. The predicted octanol–water partition coefficient (Wildman–Crippen LogP) is 5.37. The lowest BCUT2D eigenvalue weighted by molar-refractivity contribution is -0.119. The lowest BCUT2D eigenvalue weighted by Gasteiger charge is -2.23. The number of carbonyl (C=O) groups excluding carboxylic acids is 2. The first kappa shape index (κ1) is 21.0. The summed E-state index contributed by atoms with van der Waals surface area (Å²) in [7, 11) is 0. The van der Waals surface area contributed by atoms with E-state index in [1.54, 1.807) is 18.5 Å². The molecule has 1 aromatic heterocycles. The SMILES string of the molecule is O=C(/C=C/c1cccnc1)CCCCCCC(=O)N1CCCCc2ccccc21. The van der Waals surface area contributed by atoms with Crippen LogP contribution in [0.15, 0.2) is 54.9 Å². The Hall–Kier alpha value is -2.75. The van der Waals surface area contributed by atoms with Gasteiger partial charge in [0.05, 0.1) is 0 Å². The summed E-state index contributed by atoms with van der Waals surface area (Å²) in [5.41, 5.74) is 3.33. The minimum atomic E-state index is 0.145. The van der Waals surface area contributed by atoms with E-state index in [1.165, 1.54) is 5.56 Å². The van der Waals surface area contributed by atoms with Crippen LogP contribution >= 0.6 is 0 Å². The Labute approximate surface area is 173 Å². The molecule has 1 aromatic carbocycles. The van der Waals surface area contributed by atoms with E-state index in [4.69, 9.17) is 0 Å². The van der Waals surface area contributed by atoms with E-state index < -0.39 is 0 Å². The molecule has 0 aliphatic carbocycles. The highest BCUT2D eigenvalue weighted by atomic mass is 16.2. The number of ketones is 1. The number of para-hydroxylation sites is 1. The number of pyridine rings is 1. The van der Waals surface area contributed by atoms with Crippen molar-refractivity contribution in [1.82, 2.24) is 4.98 Å². The van der Waals surface area contributed by atoms with E-state index in [9.17, 15) is 9.59 Å². The van der Waals surface area contributed by atoms with Crippen molar-refractivity contribution in [1.29, 1.82) is 0 Å². The summed E-state index contributed by atoms with van der Waals surface area (Å²) in [5, 5.41) is 0. The second kappa shape index (κ2) is 11.3. The number of allylic oxidation sites excluding steroid dienone is 1. The third kappa shape index (κ3) is 6.67. The van der Waals surface area contributed by atoms with Crippen LogP contribution in [-0.4, -0.2) is 23.2 Å². The number of amides is 1. The van der Waals surface area contributed by atoms with Crippen molar-refractivity contribution in [2.75, 3.05) is 11.4 Å². The van der Waals surface area contributed by atoms with Gasteiger partial charge in [0, 0.05) is 37.5 Å². The van der Waals surface area contributed by atoms with Crippen LogP contribution in [0.25, 0.3) is 6.08 Å². The number of fused-ring (bicyclic) bond motifs is 1. The molecule has 1 aliphatic heterocycles. The van der Waals surface area contributed by atoms with Crippen LogP contribution < -0.4 is 4.90 Å². The minimum absolute atomic E-state index is 0.145. The molecule has 0 atom stereocenters. The summed E-state index contributed by atoms with van der Waals surface area (Å²) in [6, 6.07) is 12.1. The molecule has 0 unspecified atom stereocenters. The standard InChI is InChI=1S/C25H30N2O2/c28-23(17-16-21-10-9-18-26-20-21)13-3-1-2-4-15-25(29)27-19-8-7-12-22-11-5-6-14-24(22)27/h5-6,9-11,14,16-18,20H,1-4,7-8,12-13,15,19H2/b17-16+. The van der Waals surface area contributed by atoms with Gasteiger partial charge < -0.3 is 4.90 Å². The first-order valence-electron chi connectivity index (χ1n) is 10.7. The molecule has 0 bridgehead atoms. The summed E-state index contributed by atoms with van der Waals surface area (Å²) in [6.45, 7) is 0.827. The smallest absolute Gasteiger partial charge is 0.226 e. The van der Waals surface area contributed by atoms with Gasteiger partial charge in [-0.3, -0.25) is 14.6 Å². The molecule has 1 amide bonds. The molecule has 0 saturated carbocycles. The molecule has 152 valence electrons. The van der Waals surface area contributed by atoms with Crippen molar-refractivity contribution in [3.8, 4) is 0 Å². The third-order valence-electron chi connectivity index (χ3n) is 5.37. The average molecular weight is 391 g/mol. The number of hydrogen-bond donors (Lipinski definition) is 0. The zero-order valence-electron chi connectivity index (χ0n) is 17.1. The summed E-state index contributed by atoms with van der Waals surface area (Å²) >= 11 is 0. The molecule has 3 rings (SSSR count). The van der Waals surface area contributed by atoms with Crippen LogP contribution in [0.5, 0.6) is 0 Å².